The zero-order valence-corrected chi connectivity index (χ0v) is 9.37. The van der Waals surface area contributed by atoms with Gasteiger partial charge >= 0.3 is 0 Å². The summed E-state index contributed by atoms with van der Waals surface area (Å²) < 4.78 is 1.02. The Bertz CT molecular complexity index is 467. The third kappa shape index (κ3) is 1.71. The Morgan fingerprint density at radius 1 is 1.31 bits per heavy atom. The SMILES string of the molecule is Oc1cc(Cl)c2ncc(I)cc2c1. The summed E-state index contributed by atoms with van der Waals surface area (Å²) in [6, 6.07) is 5.06. The lowest BCUT2D eigenvalue weighted by Gasteiger charge is -2.00. The maximum Gasteiger partial charge on any atom is 0.117 e. The zero-order valence-electron chi connectivity index (χ0n) is 6.46. The Labute approximate surface area is 93.7 Å². The number of phenols is 1. The third-order valence-electron chi connectivity index (χ3n) is 1.69. The van der Waals surface area contributed by atoms with Gasteiger partial charge in [0.2, 0.25) is 0 Å². The Kier molecular flexibility index (Phi) is 2.29. The number of hydrogen-bond donors (Lipinski definition) is 1. The molecule has 4 heteroatoms. The minimum Gasteiger partial charge on any atom is -0.508 e. The van der Waals surface area contributed by atoms with Crippen LogP contribution in [0.2, 0.25) is 5.02 Å². The van der Waals surface area contributed by atoms with Crippen LogP contribution in [0, 0.1) is 3.57 Å². The van der Waals surface area contributed by atoms with Crippen LogP contribution in [-0.2, 0) is 0 Å². The second kappa shape index (κ2) is 3.31. The minimum atomic E-state index is 0.168. The molecular weight excluding hydrogens is 300 g/mol. The summed E-state index contributed by atoms with van der Waals surface area (Å²) in [5.74, 6) is 0.168. The van der Waals surface area contributed by atoms with Crippen LogP contribution in [0.4, 0.5) is 0 Å². The lowest BCUT2D eigenvalue weighted by atomic mass is 10.2. The largest absolute Gasteiger partial charge is 0.508 e. The van der Waals surface area contributed by atoms with Crippen LogP contribution < -0.4 is 0 Å². The summed E-state index contributed by atoms with van der Waals surface area (Å²) in [5.41, 5.74) is 0.722. The number of hydrogen-bond acceptors (Lipinski definition) is 2. The van der Waals surface area contributed by atoms with Gasteiger partial charge in [-0.05, 0) is 34.7 Å². The van der Waals surface area contributed by atoms with Crippen LogP contribution in [0.1, 0.15) is 0 Å². The maximum atomic E-state index is 9.29. The van der Waals surface area contributed by atoms with Crippen molar-refractivity contribution in [2.75, 3.05) is 0 Å². The summed E-state index contributed by atoms with van der Waals surface area (Å²) in [6.45, 7) is 0. The smallest absolute Gasteiger partial charge is 0.117 e. The van der Waals surface area contributed by atoms with Crippen LogP contribution in [0.25, 0.3) is 10.9 Å². The topological polar surface area (TPSA) is 33.1 Å². The van der Waals surface area contributed by atoms with E-state index < -0.39 is 0 Å². The first-order valence-corrected chi connectivity index (χ1v) is 5.06. The van der Waals surface area contributed by atoms with Crippen LogP contribution >= 0.6 is 34.2 Å². The molecule has 13 heavy (non-hydrogen) atoms. The Hall–Kier alpha value is -0.550. The van der Waals surface area contributed by atoms with Crippen LogP contribution in [0.3, 0.4) is 0 Å². The summed E-state index contributed by atoms with van der Waals surface area (Å²) in [4.78, 5) is 4.17. The normalized spacial score (nSPS) is 10.6. The maximum absolute atomic E-state index is 9.29. The highest BCUT2D eigenvalue weighted by Gasteiger charge is 2.02. The van der Waals surface area contributed by atoms with E-state index in [2.05, 4.69) is 27.6 Å². The van der Waals surface area contributed by atoms with Gasteiger partial charge in [0, 0.05) is 21.2 Å². The Balaban J connectivity index is 2.86. The van der Waals surface area contributed by atoms with Gasteiger partial charge in [-0.15, -0.1) is 0 Å². The molecule has 0 unspecified atom stereocenters. The monoisotopic (exact) mass is 305 g/mol. The minimum absolute atomic E-state index is 0.168. The van der Waals surface area contributed by atoms with E-state index in [9.17, 15) is 5.11 Å². The average Bonchev–Trinajstić information content (AvgIpc) is 2.02. The van der Waals surface area contributed by atoms with Gasteiger partial charge in [0.1, 0.15) is 5.75 Å². The third-order valence-corrected chi connectivity index (χ3v) is 2.57. The Morgan fingerprint density at radius 2 is 2.08 bits per heavy atom. The molecule has 1 heterocycles. The summed E-state index contributed by atoms with van der Waals surface area (Å²) >= 11 is 8.05. The quantitative estimate of drug-likeness (QED) is 0.758. The van der Waals surface area contributed by atoms with E-state index in [0.29, 0.717) is 5.02 Å². The van der Waals surface area contributed by atoms with Gasteiger partial charge in [-0.2, -0.15) is 0 Å². The van der Waals surface area contributed by atoms with Gasteiger partial charge in [-0.3, -0.25) is 4.98 Å². The number of nitrogens with zero attached hydrogens (tertiary/aromatic N) is 1. The standard InChI is InChI=1S/C9H5ClINO/c10-8-3-7(13)2-5-1-6(11)4-12-9(5)8/h1-4,13H. The van der Waals surface area contributed by atoms with Crippen LogP contribution in [0.15, 0.2) is 24.4 Å². The van der Waals surface area contributed by atoms with Gasteiger partial charge in [-0.1, -0.05) is 11.6 Å². The summed E-state index contributed by atoms with van der Waals surface area (Å²) in [6.07, 6.45) is 1.74. The lowest BCUT2D eigenvalue weighted by Crippen LogP contribution is -1.81. The molecular formula is C9H5ClINO. The van der Waals surface area contributed by atoms with E-state index in [1.54, 1.807) is 12.3 Å². The second-order valence-corrected chi connectivity index (χ2v) is 4.31. The van der Waals surface area contributed by atoms with Gasteiger partial charge < -0.3 is 5.11 Å². The molecule has 2 aromatic rings. The van der Waals surface area contributed by atoms with E-state index in [1.807, 2.05) is 6.07 Å². The molecule has 0 saturated heterocycles. The zero-order chi connectivity index (χ0) is 9.42. The van der Waals surface area contributed by atoms with E-state index in [0.717, 1.165) is 14.5 Å². The van der Waals surface area contributed by atoms with Crippen molar-refractivity contribution < 1.29 is 5.11 Å². The van der Waals surface area contributed by atoms with Gasteiger partial charge in [0.05, 0.1) is 10.5 Å². The number of pyridine rings is 1. The molecule has 2 nitrogen and oxygen atoms in total. The second-order valence-electron chi connectivity index (χ2n) is 2.65. The van der Waals surface area contributed by atoms with Crippen molar-refractivity contribution in [3.63, 3.8) is 0 Å². The van der Waals surface area contributed by atoms with Crippen molar-refractivity contribution in [2.24, 2.45) is 0 Å². The number of fused-ring (bicyclic) bond motifs is 1. The first-order valence-electron chi connectivity index (χ1n) is 3.60. The molecule has 2 rings (SSSR count). The number of phenolic OH excluding ortho intramolecular Hbond substituents is 1. The predicted octanol–water partition coefficient (Wildman–Crippen LogP) is 3.20. The van der Waals surface area contributed by atoms with E-state index in [1.165, 1.54) is 6.07 Å². The average molecular weight is 306 g/mol. The number of rotatable bonds is 0. The first kappa shape index (κ1) is 9.02. The highest BCUT2D eigenvalue weighted by atomic mass is 127. The predicted molar refractivity (Wildman–Crippen MR) is 61.1 cm³/mol. The molecule has 0 atom stereocenters. The molecule has 0 aliphatic rings. The first-order chi connectivity index (χ1) is 6.16. The van der Waals surface area contributed by atoms with Crippen LogP contribution in [-0.4, -0.2) is 10.1 Å². The molecule has 0 radical (unpaired) electrons. The molecule has 0 saturated carbocycles. The summed E-state index contributed by atoms with van der Waals surface area (Å²) in [5, 5.41) is 10.6. The lowest BCUT2D eigenvalue weighted by molar-refractivity contribution is 0.476. The molecule has 1 N–H and O–H groups in total. The molecule has 0 aliphatic carbocycles. The molecule has 0 spiro atoms. The van der Waals surface area contributed by atoms with Crippen molar-refractivity contribution in [1.29, 1.82) is 0 Å². The molecule has 0 amide bonds. The molecule has 0 aliphatic heterocycles. The number of halogens is 2. The molecule has 1 aromatic heterocycles. The highest BCUT2D eigenvalue weighted by molar-refractivity contribution is 14.1. The van der Waals surface area contributed by atoms with Crippen molar-refractivity contribution in [1.82, 2.24) is 4.98 Å². The van der Waals surface area contributed by atoms with Crippen molar-refractivity contribution in [3.05, 3.63) is 33.0 Å². The van der Waals surface area contributed by atoms with Gasteiger partial charge in [0.25, 0.3) is 0 Å². The number of aromatic nitrogens is 1. The van der Waals surface area contributed by atoms with E-state index >= 15 is 0 Å². The molecule has 66 valence electrons. The molecule has 1 aromatic carbocycles. The van der Waals surface area contributed by atoms with Crippen molar-refractivity contribution in [3.8, 4) is 5.75 Å². The van der Waals surface area contributed by atoms with E-state index in [-0.39, 0.29) is 5.75 Å². The fourth-order valence-electron chi connectivity index (χ4n) is 1.16. The summed E-state index contributed by atoms with van der Waals surface area (Å²) in [7, 11) is 0. The number of benzene rings is 1. The van der Waals surface area contributed by atoms with Gasteiger partial charge in [0.15, 0.2) is 0 Å². The molecule has 0 fully saturated rings. The fraction of sp³-hybridized carbons (Fsp3) is 0. The molecule has 0 bridgehead atoms. The van der Waals surface area contributed by atoms with Crippen LogP contribution in [0.5, 0.6) is 5.75 Å². The van der Waals surface area contributed by atoms with Gasteiger partial charge in [-0.25, -0.2) is 0 Å². The fourth-order valence-corrected chi connectivity index (χ4v) is 1.91. The van der Waals surface area contributed by atoms with Crippen molar-refractivity contribution >= 4 is 45.1 Å². The van der Waals surface area contributed by atoms with E-state index in [4.69, 9.17) is 11.6 Å². The van der Waals surface area contributed by atoms with Crippen molar-refractivity contribution in [2.45, 2.75) is 0 Å². The number of aromatic hydroxyl groups is 1. The highest BCUT2D eigenvalue weighted by Crippen LogP contribution is 2.27. The Morgan fingerprint density at radius 3 is 2.85 bits per heavy atom.